The van der Waals surface area contributed by atoms with Crippen molar-refractivity contribution in [3.63, 3.8) is 0 Å². The van der Waals surface area contributed by atoms with Crippen molar-refractivity contribution in [2.45, 2.75) is 46.7 Å². The van der Waals surface area contributed by atoms with Crippen LogP contribution < -0.4 is 10.2 Å². The summed E-state index contributed by atoms with van der Waals surface area (Å²) in [5.74, 6) is -5.46. The molecule has 0 unspecified atom stereocenters. The van der Waals surface area contributed by atoms with Crippen molar-refractivity contribution in [3.8, 4) is 5.75 Å². The molecule has 1 fully saturated rings. The lowest BCUT2D eigenvalue weighted by Gasteiger charge is -2.53. The number of ether oxygens (including phenoxy) is 1. The van der Waals surface area contributed by atoms with Gasteiger partial charge < -0.3 is 14.7 Å². The molecule has 1 heterocycles. The van der Waals surface area contributed by atoms with Crippen LogP contribution in [-0.2, 0) is 24.2 Å². The summed E-state index contributed by atoms with van der Waals surface area (Å²) in [4.78, 5) is 14.7. The Morgan fingerprint density at radius 1 is 1.14 bits per heavy atom. The number of hydrogen-bond donors (Lipinski definition) is 2. The molecule has 1 aliphatic heterocycles. The zero-order valence-corrected chi connectivity index (χ0v) is 19.1. The fourth-order valence-corrected chi connectivity index (χ4v) is 7.20. The number of rotatable bonds is 4. The first kappa shape index (κ1) is 25.6. The SMILES string of the molecule is O=C(ON[C@@H]1CC[C@@]2(S(=O)(=O)c3ccc(Cl)cc3)c3c(F)ccc(F)c3OC[C@@]2(O)C1)C(F)(F)F. The molecule has 35 heavy (non-hydrogen) atoms. The van der Waals surface area contributed by atoms with E-state index in [1.807, 2.05) is 5.48 Å². The van der Waals surface area contributed by atoms with E-state index in [2.05, 4.69) is 4.84 Å². The fraction of sp³-hybridized carbons (Fsp3) is 0.381. The lowest BCUT2D eigenvalue weighted by atomic mass is 9.68. The highest BCUT2D eigenvalue weighted by Crippen LogP contribution is 2.58. The summed E-state index contributed by atoms with van der Waals surface area (Å²) in [6.45, 7) is -0.835. The Balaban J connectivity index is 1.83. The number of carbonyl (C=O) groups is 1. The molecule has 3 atom stereocenters. The molecule has 2 aromatic carbocycles. The van der Waals surface area contributed by atoms with E-state index >= 15 is 4.39 Å². The van der Waals surface area contributed by atoms with Crippen LogP contribution in [0.2, 0.25) is 5.02 Å². The van der Waals surface area contributed by atoms with Gasteiger partial charge >= 0.3 is 12.1 Å². The molecule has 7 nitrogen and oxygen atoms in total. The molecule has 1 saturated carbocycles. The third-order valence-corrected chi connectivity index (χ3v) is 9.08. The summed E-state index contributed by atoms with van der Waals surface area (Å²) in [5, 5.41) is 11.8. The summed E-state index contributed by atoms with van der Waals surface area (Å²) >= 11 is 5.85. The maximum atomic E-state index is 15.2. The van der Waals surface area contributed by atoms with Gasteiger partial charge in [-0.25, -0.2) is 22.0 Å². The van der Waals surface area contributed by atoms with Gasteiger partial charge in [-0.05, 0) is 55.7 Å². The number of carbonyl (C=O) groups excluding carboxylic acids is 1. The first-order chi connectivity index (χ1) is 16.2. The molecule has 0 saturated heterocycles. The Labute approximate surface area is 200 Å². The van der Waals surface area contributed by atoms with E-state index in [0.717, 1.165) is 18.2 Å². The van der Waals surface area contributed by atoms with Crippen LogP contribution >= 0.6 is 11.6 Å². The number of halogens is 6. The van der Waals surface area contributed by atoms with E-state index in [9.17, 15) is 35.9 Å². The molecular weight excluding hydrogens is 525 g/mol. The maximum absolute atomic E-state index is 15.2. The Morgan fingerprint density at radius 3 is 2.40 bits per heavy atom. The molecule has 0 amide bonds. The lowest BCUT2D eigenvalue weighted by Crippen LogP contribution is -2.67. The van der Waals surface area contributed by atoms with Gasteiger partial charge in [-0.3, -0.25) is 0 Å². The van der Waals surface area contributed by atoms with Gasteiger partial charge in [0.05, 0.1) is 10.5 Å². The van der Waals surface area contributed by atoms with Crippen LogP contribution in [0.4, 0.5) is 22.0 Å². The van der Waals surface area contributed by atoms with E-state index in [4.69, 9.17) is 16.3 Å². The maximum Gasteiger partial charge on any atom is 0.492 e. The quantitative estimate of drug-likeness (QED) is 0.451. The Kier molecular flexibility index (Phi) is 6.27. The molecule has 1 aliphatic carbocycles. The van der Waals surface area contributed by atoms with Crippen LogP contribution in [0, 0.1) is 11.6 Å². The number of aliphatic hydroxyl groups is 1. The largest absolute Gasteiger partial charge is 0.492 e. The minimum absolute atomic E-state index is 0.195. The van der Waals surface area contributed by atoms with Crippen molar-refractivity contribution >= 4 is 27.4 Å². The zero-order valence-electron chi connectivity index (χ0n) is 17.5. The summed E-state index contributed by atoms with van der Waals surface area (Å²) in [6, 6.07) is 5.06. The van der Waals surface area contributed by atoms with Gasteiger partial charge in [0.1, 0.15) is 22.8 Å². The van der Waals surface area contributed by atoms with Crippen LogP contribution in [0.5, 0.6) is 5.75 Å². The number of fused-ring (bicyclic) bond motifs is 3. The number of benzene rings is 2. The number of hydroxylamine groups is 1. The van der Waals surface area contributed by atoms with Crippen molar-refractivity contribution in [1.82, 2.24) is 5.48 Å². The Morgan fingerprint density at radius 2 is 1.77 bits per heavy atom. The summed E-state index contributed by atoms with van der Waals surface area (Å²) in [5.41, 5.74) is -1.31. The highest BCUT2D eigenvalue weighted by atomic mass is 35.5. The van der Waals surface area contributed by atoms with Crippen LogP contribution in [0.1, 0.15) is 24.8 Å². The number of alkyl halides is 3. The van der Waals surface area contributed by atoms with Gasteiger partial charge in [-0.1, -0.05) is 11.6 Å². The summed E-state index contributed by atoms with van der Waals surface area (Å²) in [6.07, 6.45) is -6.81. The van der Waals surface area contributed by atoms with E-state index in [1.165, 1.54) is 12.1 Å². The average Bonchev–Trinajstić information content (AvgIpc) is 2.78. The van der Waals surface area contributed by atoms with Crippen LogP contribution in [0.3, 0.4) is 0 Å². The third-order valence-electron chi connectivity index (χ3n) is 6.23. The van der Waals surface area contributed by atoms with Crippen molar-refractivity contribution in [1.29, 1.82) is 0 Å². The molecule has 2 aromatic rings. The number of hydrogen-bond acceptors (Lipinski definition) is 7. The smallest absolute Gasteiger partial charge is 0.487 e. The van der Waals surface area contributed by atoms with Gasteiger partial charge in [0.2, 0.25) is 0 Å². The van der Waals surface area contributed by atoms with Gasteiger partial charge in [-0.2, -0.15) is 13.2 Å². The summed E-state index contributed by atoms with van der Waals surface area (Å²) < 4.78 is 97.9. The van der Waals surface area contributed by atoms with E-state index in [-0.39, 0.29) is 16.3 Å². The molecule has 0 radical (unpaired) electrons. The molecule has 2 N–H and O–H groups in total. The molecule has 0 aromatic heterocycles. The van der Waals surface area contributed by atoms with Gasteiger partial charge in [0, 0.05) is 11.1 Å². The standard InChI is InChI=1S/C21H17ClF5NO6S/c22-11-1-3-13(4-2-11)35(31,32)20-8-7-12(28-34-18(29)21(25,26)27)9-19(20,30)10-33-17-15(24)6-5-14(23)16(17)20/h1-6,12,28,30H,7-10H2/t12-,19+,20-/m1/s1. The van der Waals surface area contributed by atoms with Crippen molar-refractivity contribution in [2.24, 2.45) is 0 Å². The highest BCUT2D eigenvalue weighted by Gasteiger charge is 2.67. The predicted molar refractivity (Wildman–Crippen MR) is 110 cm³/mol. The normalized spacial score (nSPS) is 26.3. The van der Waals surface area contributed by atoms with E-state index in [0.29, 0.717) is 6.07 Å². The molecular formula is C21H17ClF5NO6S. The molecule has 2 aliphatic rings. The Bertz CT molecular complexity index is 1270. The minimum atomic E-state index is -5.30. The zero-order chi connectivity index (χ0) is 25.8. The molecule has 4 rings (SSSR count). The molecule has 0 spiro atoms. The predicted octanol–water partition coefficient (Wildman–Crippen LogP) is 3.57. The third kappa shape index (κ3) is 4.03. The molecule has 14 heteroatoms. The average molecular weight is 542 g/mol. The van der Waals surface area contributed by atoms with Crippen molar-refractivity contribution < 1.29 is 49.8 Å². The highest BCUT2D eigenvalue weighted by molar-refractivity contribution is 7.92. The second kappa shape index (κ2) is 8.57. The first-order valence-electron chi connectivity index (χ1n) is 10.1. The van der Waals surface area contributed by atoms with Gasteiger partial charge in [0.25, 0.3) is 0 Å². The monoisotopic (exact) mass is 541 g/mol. The van der Waals surface area contributed by atoms with Crippen LogP contribution in [-0.4, -0.2) is 43.9 Å². The van der Waals surface area contributed by atoms with Crippen molar-refractivity contribution in [2.75, 3.05) is 6.61 Å². The Hall–Kier alpha value is -2.48. The van der Waals surface area contributed by atoms with Gasteiger partial charge in [-0.15, -0.1) is 5.48 Å². The number of nitrogens with one attached hydrogen (secondary N) is 1. The topological polar surface area (TPSA) is 102 Å². The summed E-state index contributed by atoms with van der Waals surface area (Å²) in [7, 11) is -4.70. The second-order valence-corrected chi connectivity index (χ2v) is 10.9. The lowest BCUT2D eigenvalue weighted by molar-refractivity contribution is -0.210. The number of sulfone groups is 1. The van der Waals surface area contributed by atoms with E-state index < -0.39 is 80.8 Å². The van der Waals surface area contributed by atoms with Gasteiger partial charge in [0.15, 0.2) is 21.4 Å². The minimum Gasteiger partial charge on any atom is -0.487 e. The van der Waals surface area contributed by atoms with Crippen molar-refractivity contribution in [3.05, 3.63) is 58.6 Å². The molecule has 0 bridgehead atoms. The first-order valence-corrected chi connectivity index (χ1v) is 12.0. The van der Waals surface area contributed by atoms with E-state index in [1.54, 1.807) is 0 Å². The van der Waals surface area contributed by atoms with Crippen LogP contribution in [0.25, 0.3) is 0 Å². The second-order valence-electron chi connectivity index (χ2n) is 8.28. The fourth-order valence-electron chi connectivity index (χ4n) is 4.69. The molecule has 190 valence electrons. The van der Waals surface area contributed by atoms with Crippen LogP contribution in [0.15, 0.2) is 41.3 Å².